The highest BCUT2D eigenvalue weighted by molar-refractivity contribution is 7.80. The zero-order valence-electron chi connectivity index (χ0n) is 15.0. The fourth-order valence-corrected chi connectivity index (χ4v) is 6.11. The molecule has 5 rings (SSSR count). The molecule has 26 heavy (non-hydrogen) atoms. The van der Waals surface area contributed by atoms with Gasteiger partial charge in [0.15, 0.2) is 0 Å². The van der Waals surface area contributed by atoms with Crippen molar-refractivity contribution in [3.63, 3.8) is 0 Å². The van der Waals surface area contributed by atoms with Crippen molar-refractivity contribution >= 4 is 28.9 Å². The van der Waals surface area contributed by atoms with Crippen molar-refractivity contribution in [2.24, 2.45) is 5.41 Å². The number of benzene rings is 1. The van der Waals surface area contributed by atoms with Crippen LogP contribution in [-0.2, 0) is 14.9 Å². The number of hydrogen-bond acceptors (Lipinski definition) is 4. The van der Waals surface area contributed by atoms with Gasteiger partial charge in [-0.05, 0) is 37.0 Å². The van der Waals surface area contributed by atoms with Gasteiger partial charge in [0, 0.05) is 23.3 Å². The van der Waals surface area contributed by atoms with Gasteiger partial charge in [0.05, 0.1) is 24.1 Å². The maximum atomic E-state index is 12.7. The third-order valence-corrected chi connectivity index (χ3v) is 7.29. The summed E-state index contributed by atoms with van der Waals surface area (Å²) in [5.41, 5.74) is 3.91. The third-order valence-electron chi connectivity index (χ3n) is 6.92. The van der Waals surface area contributed by atoms with Crippen LogP contribution in [0.25, 0.3) is 0 Å². The summed E-state index contributed by atoms with van der Waals surface area (Å²) in [6.07, 6.45) is 6.95. The largest absolute Gasteiger partial charge is 0.466 e. The fraction of sp³-hybridized carbons (Fsp3) is 0.429. The molecule has 0 amide bonds. The zero-order valence-corrected chi connectivity index (χ0v) is 15.9. The monoisotopic (exact) mass is 366 g/mol. The van der Waals surface area contributed by atoms with Gasteiger partial charge in [-0.3, -0.25) is 0 Å². The molecule has 0 unspecified atom stereocenters. The molecule has 5 heteroatoms. The van der Waals surface area contributed by atoms with Gasteiger partial charge in [0.1, 0.15) is 4.99 Å². The second kappa shape index (κ2) is 5.19. The normalized spacial score (nSPS) is 33.5. The van der Waals surface area contributed by atoms with Crippen LogP contribution in [0, 0.1) is 5.41 Å². The minimum absolute atomic E-state index is 0.106. The van der Waals surface area contributed by atoms with E-state index in [4.69, 9.17) is 17.0 Å². The van der Waals surface area contributed by atoms with E-state index in [2.05, 4.69) is 47.5 Å². The summed E-state index contributed by atoms with van der Waals surface area (Å²) in [7, 11) is 1.47. The van der Waals surface area contributed by atoms with Crippen molar-refractivity contribution in [2.45, 2.75) is 37.6 Å². The molecule has 134 valence electrons. The Hall–Kier alpha value is -2.14. The number of fused-ring (bicyclic) bond motifs is 1. The number of carbonyl (C=O) groups is 1. The van der Waals surface area contributed by atoms with Crippen LogP contribution < -0.4 is 5.32 Å². The maximum absolute atomic E-state index is 12.7. The lowest BCUT2D eigenvalue weighted by Gasteiger charge is -2.54. The second-order valence-electron chi connectivity index (χ2n) is 7.77. The van der Waals surface area contributed by atoms with Crippen molar-refractivity contribution in [1.29, 1.82) is 0 Å². The van der Waals surface area contributed by atoms with Crippen molar-refractivity contribution in [3.8, 4) is 0 Å². The molecule has 3 heterocycles. The molecule has 4 nitrogen and oxygen atoms in total. The number of carbonyl (C=O) groups excluding carboxylic acids is 1. The summed E-state index contributed by atoms with van der Waals surface area (Å²) in [6, 6.07) is 8.71. The average Bonchev–Trinajstić information content (AvgIpc) is 3.24. The maximum Gasteiger partial charge on any atom is 0.335 e. The van der Waals surface area contributed by atoms with E-state index in [1.54, 1.807) is 0 Å². The summed E-state index contributed by atoms with van der Waals surface area (Å²) in [4.78, 5) is 16.1. The minimum atomic E-state index is -0.219. The molecule has 1 N–H and O–H groups in total. The topological polar surface area (TPSA) is 41.6 Å². The number of para-hydroxylation sites is 1. The molecular formula is C21H22N2O2S. The Morgan fingerprint density at radius 3 is 3.00 bits per heavy atom. The first-order chi connectivity index (χ1) is 12.6. The average molecular weight is 366 g/mol. The number of hydrogen-bond donors (Lipinski definition) is 1. The number of nitrogens with one attached hydrogen (secondary N) is 1. The van der Waals surface area contributed by atoms with Crippen molar-refractivity contribution in [3.05, 3.63) is 53.3 Å². The van der Waals surface area contributed by atoms with Gasteiger partial charge in [-0.2, -0.15) is 0 Å². The molecule has 0 saturated carbocycles. The summed E-state index contributed by atoms with van der Waals surface area (Å²) in [6.45, 7) is 3.14. The SMILES string of the molecule is CC[C@]12C=CC(=S)N3CC[C@]4(C(=C(C(=O)OC)C1)Nc1ccccc14)[C@@H]32. The first kappa shape index (κ1) is 16.1. The van der Waals surface area contributed by atoms with Gasteiger partial charge in [0.2, 0.25) is 0 Å². The summed E-state index contributed by atoms with van der Waals surface area (Å²) >= 11 is 5.69. The van der Waals surface area contributed by atoms with E-state index in [-0.39, 0.29) is 22.8 Å². The van der Waals surface area contributed by atoms with Gasteiger partial charge < -0.3 is 15.0 Å². The predicted octanol–water partition coefficient (Wildman–Crippen LogP) is 3.55. The lowest BCUT2D eigenvalue weighted by molar-refractivity contribution is -0.137. The molecule has 1 aliphatic carbocycles. The first-order valence-corrected chi connectivity index (χ1v) is 9.66. The van der Waals surface area contributed by atoms with Crippen LogP contribution in [0.1, 0.15) is 31.7 Å². The van der Waals surface area contributed by atoms with Crippen molar-refractivity contribution < 1.29 is 9.53 Å². The van der Waals surface area contributed by atoms with Gasteiger partial charge in [0.25, 0.3) is 0 Å². The minimum Gasteiger partial charge on any atom is -0.466 e. The number of methoxy groups -OCH3 is 1. The highest BCUT2D eigenvalue weighted by Gasteiger charge is 2.66. The Bertz CT molecular complexity index is 905. The summed E-state index contributed by atoms with van der Waals surface area (Å²) in [5, 5.41) is 3.59. The number of rotatable bonds is 2. The molecule has 1 spiro atoms. The Morgan fingerprint density at radius 2 is 2.23 bits per heavy atom. The summed E-state index contributed by atoms with van der Waals surface area (Å²) < 4.78 is 5.19. The third kappa shape index (κ3) is 1.70. The van der Waals surface area contributed by atoms with Crippen LogP contribution in [-0.4, -0.2) is 35.6 Å². The van der Waals surface area contributed by atoms with Crippen LogP contribution in [0.5, 0.6) is 0 Å². The van der Waals surface area contributed by atoms with Crippen LogP contribution in [0.4, 0.5) is 5.69 Å². The Kier molecular flexibility index (Phi) is 3.21. The number of ether oxygens (including phenoxy) is 1. The molecule has 0 bridgehead atoms. The van der Waals surface area contributed by atoms with E-state index in [0.29, 0.717) is 6.42 Å². The van der Waals surface area contributed by atoms with E-state index in [0.717, 1.165) is 41.3 Å². The molecule has 1 saturated heterocycles. The Morgan fingerprint density at radius 1 is 1.42 bits per heavy atom. The standard InChI is InChI=1S/C21H22N2O2S/c1-3-20-9-8-16(26)23-11-10-21(19(20)23)14-6-4-5-7-15(14)22-17(21)13(12-20)18(24)25-2/h4-9,19,22H,3,10-12H2,1-2H3/t19-,20-,21-/m0/s1. The highest BCUT2D eigenvalue weighted by Crippen LogP contribution is 2.64. The zero-order chi connectivity index (χ0) is 18.1. The van der Waals surface area contributed by atoms with Crippen molar-refractivity contribution in [1.82, 2.24) is 4.90 Å². The van der Waals surface area contributed by atoms with E-state index in [9.17, 15) is 4.79 Å². The fourth-order valence-electron chi connectivity index (χ4n) is 5.85. The molecule has 0 aromatic heterocycles. The number of nitrogens with zero attached hydrogens (tertiary/aromatic N) is 1. The smallest absolute Gasteiger partial charge is 0.335 e. The summed E-state index contributed by atoms with van der Waals surface area (Å²) in [5.74, 6) is -0.217. The molecule has 1 fully saturated rings. The van der Waals surface area contributed by atoms with E-state index in [1.165, 1.54) is 12.7 Å². The van der Waals surface area contributed by atoms with Gasteiger partial charge in [-0.1, -0.05) is 43.4 Å². The van der Waals surface area contributed by atoms with Gasteiger partial charge in [-0.15, -0.1) is 0 Å². The molecule has 3 atom stereocenters. The molecule has 1 aromatic carbocycles. The Balaban J connectivity index is 1.85. The molecule has 3 aliphatic heterocycles. The van der Waals surface area contributed by atoms with Crippen LogP contribution >= 0.6 is 12.2 Å². The predicted molar refractivity (Wildman–Crippen MR) is 105 cm³/mol. The lowest BCUT2D eigenvalue weighted by Crippen LogP contribution is -2.59. The highest BCUT2D eigenvalue weighted by atomic mass is 32.1. The number of anilines is 1. The van der Waals surface area contributed by atoms with E-state index in [1.807, 2.05) is 6.07 Å². The van der Waals surface area contributed by atoms with Gasteiger partial charge >= 0.3 is 5.97 Å². The van der Waals surface area contributed by atoms with Crippen LogP contribution in [0.15, 0.2) is 47.7 Å². The molecule has 4 aliphatic rings. The Labute approximate surface area is 158 Å². The van der Waals surface area contributed by atoms with Crippen LogP contribution in [0.3, 0.4) is 0 Å². The van der Waals surface area contributed by atoms with Crippen LogP contribution in [0.2, 0.25) is 0 Å². The first-order valence-electron chi connectivity index (χ1n) is 9.26. The second-order valence-corrected chi connectivity index (χ2v) is 8.19. The van der Waals surface area contributed by atoms with Crippen molar-refractivity contribution in [2.75, 3.05) is 19.0 Å². The van der Waals surface area contributed by atoms with E-state index >= 15 is 0 Å². The van der Waals surface area contributed by atoms with E-state index < -0.39 is 0 Å². The number of esters is 1. The number of thiocarbonyl (C=S) groups is 1. The molecular weight excluding hydrogens is 344 g/mol. The lowest BCUT2D eigenvalue weighted by atomic mass is 9.55. The molecule has 1 aromatic rings. The molecule has 0 radical (unpaired) electrons. The van der Waals surface area contributed by atoms with Gasteiger partial charge in [-0.25, -0.2) is 4.79 Å². The quantitative estimate of drug-likeness (QED) is 0.640.